The Kier molecular flexibility index (Phi) is 4.13. The van der Waals surface area contributed by atoms with Gasteiger partial charge in [-0.15, -0.1) is 0 Å². The molecule has 1 rings (SSSR count). The maximum Gasteiger partial charge on any atom is -0.0286 e. The molecule has 2 unspecified atom stereocenters. The Morgan fingerprint density at radius 1 is 0.812 bits per heavy atom. The van der Waals surface area contributed by atoms with E-state index in [0.29, 0.717) is 10.8 Å². The van der Waals surface area contributed by atoms with Crippen LogP contribution in [0.4, 0.5) is 0 Å². The van der Waals surface area contributed by atoms with Gasteiger partial charge in [-0.3, -0.25) is 0 Å². The van der Waals surface area contributed by atoms with Crippen LogP contribution < -0.4 is 0 Å². The molecule has 0 amide bonds. The van der Waals surface area contributed by atoms with Crippen LogP contribution in [0.15, 0.2) is 0 Å². The standard InChI is InChI=1S/C16H32/c1-12-10-8-9-11-13(12)14(15(2,3)4)16(5,6)7/h12-14H,8-11H2,1-7H3. The van der Waals surface area contributed by atoms with Crippen LogP contribution in [0.25, 0.3) is 0 Å². The fraction of sp³-hybridized carbons (Fsp3) is 1.00. The van der Waals surface area contributed by atoms with Gasteiger partial charge in [0.15, 0.2) is 0 Å². The third-order valence-electron chi connectivity index (χ3n) is 4.47. The van der Waals surface area contributed by atoms with Gasteiger partial charge in [-0.1, -0.05) is 67.7 Å². The van der Waals surface area contributed by atoms with Crippen molar-refractivity contribution in [1.82, 2.24) is 0 Å². The molecule has 0 bridgehead atoms. The molecule has 0 radical (unpaired) electrons. The summed E-state index contributed by atoms with van der Waals surface area (Å²) in [6.07, 6.45) is 5.82. The summed E-state index contributed by atoms with van der Waals surface area (Å²) in [6.45, 7) is 17.1. The minimum absolute atomic E-state index is 0.439. The molecule has 0 saturated heterocycles. The maximum atomic E-state index is 2.48. The minimum atomic E-state index is 0.439. The van der Waals surface area contributed by atoms with Gasteiger partial charge in [0.05, 0.1) is 0 Å². The van der Waals surface area contributed by atoms with E-state index in [1.807, 2.05) is 0 Å². The molecule has 0 heteroatoms. The molecule has 2 atom stereocenters. The van der Waals surface area contributed by atoms with E-state index in [2.05, 4.69) is 48.5 Å². The molecule has 0 aromatic carbocycles. The molecular weight excluding hydrogens is 192 g/mol. The van der Waals surface area contributed by atoms with Crippen LogP contribution in [0.1, 0.15) is 74.1 Å². The van der Waals surface area contributed by atoms with Crippen molar-refractivity contribution in [3.63, 3.8) is 0 Å². The molecule has 0 aromatic heterocycles. The van der Waals surface area contributed by atoms with Gasteiger partial charge in [0.25, 0.3) is 0 Å². The zero-order valence-corrected chi connectivity index (χ0v) is 12.6. The van der Waals surface area contributed by atoms with Crippen molar-refractivity contribution in [3.05, 3.63) is 0 Å². The van der Waals surface area contributed by atoms with E-state index in [0.717, 1.165) is 17.8 Å². The predicted molar refractivity (Wildman–Crippen MR) is 73.5 cm³/mol. The highest BCUT2D eigenvalue weighted by molar-refractivity contribution is 4.91. The van der Waals surface area contributed by atoms with Gasteiger partial charge in [-0.25, -0.2) is 0 Å². The SMILES string of the molecule is CC1CCCCC1C(C(C)(C)C)C(C)(C)C. The zero-order valence-electron chi connectivity index (χ0n) is 12.6. The van der Waals surface area contributed by atoms with Gasteiger partial charge < -0.3 is 0 Å². The monoisotopic (exact) mass is 224 g/mol. The van der Waals surface area contributed by atoms with Crippen LogP contribution in [0.3, 0.4) is 0 Å². The Labute approximate surface area is 103 Å². The molecule has 0 heterocycles. The van der Waals surface area contributed by atoms with Crippen LogP contribution in [0.2, 0.25) is 0 Å². The predicted octanol–water partition coefficient (Wildman–Crippen LogP) is 5.52. The quantitative estimate of drug-likeness (QED) is 0.550. The van der Waals surface area contributed by atoms with Crippen molar-refractivity contribution in [2.24, 2.45) is 28.6 Å². The summed E-state index contributed by atoms with van der Waals surface area (Å²) >= 11 is 0. The second-order valence-corrected chi connectivity index (χ2v) is 8.14. The molecule has 1 fully saturated rings. The average molecular weight is 224 g/mol. The first-order valence-corrected chi connectivity index (χ1v) is 7.14. The second kappa shape index (κ2) is 4.70. The van der Waals surface area contributed by atoms with Gasteiger partial charge in [0.1, 0.15) is 0 Å². The summed E-state index contributed by atoms with van der Waals surface area (Å²) in [4.78, 5) is 0. The highest BCUT2D eigenvalue weighted by atomic mass is 14.5. The lowest BCUT2D eigenvalue weighted by molar-refractivity contribution is 0.000427. The normalized spacial score (nSPS) is 28.5. The molecule has 0 N–H and O–H groups in total. The fourth-order valence-electron chi connectivity index (χ4n) is 4.42. The molecule has 0 aliphatic heterocycles. The summed E-state index contributed by atoms with van der Waals surface area (Å²) in [5, 5.41) is 0. The number of hydrogen-bond acceptors (Lipinski definition) is 0. The number of rotatable bonds is 1. The van der Waals surface area contributed by atoms with Gasteiger partial charge in [0.2, 0.25) is 0 Å². The Morgan fingerprint density at radius 2 is 1.25 bits per heavy atom. The van der Waals surface area contributed by atoms with E-state index in [9.17, 15) is 0 Å². The molecule has 0 aromatic rings. The molecule has 0 spiro atoms. The molecule has 96 valence electrons. The third-order valence-corrected chi connectivity index (χ3v) is 4.47. The smallest absolute Gasteiger partial charge is 0.0286 e. The summed E-state index contributed by atoms with van der Waals surface area (Å²) in [5.41, 5.74) is 0.878. The Morgan fingerprint density at radius 3 is 1.62 bits per heavy atom. The van der Waals surface area contributed by atoms with E-state index in [1.165, 1.54) is 25.7 Å². The highest BCUT2D eigenvalue weighted by Gasteiger charge is 2.42. The van der Waals surface area contributed by atoms with Crippen LogP contribution in [-0.4, -0.2) is 0 Å². The van der Waals surface area contributed by atoms with Crippen molar-refractivity contribution < 1.29 is 0 Å². The maximum absolute atomic E-state index is 2.48. The minimum Gasteiger partial charge on any atom is -0.0622 e. The van der Waals surface area contributed by atoms with Crippen molar-refractivity contribution in [3.8, 4) is 0 Å². The first-order chi connectivity index (χ1) is 7.14. The average Bonchev–Trinajstić information content (AvgIpc) is 2.03. The fourth-order valence-corrected chi connectivity index (χ4v) is 4.42. The zero-order chi connectivity index (χ0) is 12.6. The first-order valence-electron chi connectivity index (χ1n) is 7.14. The number of hydrogen-bond donors (Lipinski definition) is 0. The van der Waals surface area contributed by atoms with Crippen LogP contribution in [-0.2, 0) is 0 Å². The van der Waals surface area contributed by atoms with E-state index < -0.39 is 0 Å². The largest absolute Gasteiger partial charge is 0.0622 e. The molecule has 1 aliphatic rings. The van der Waals surface area contributed by atoms with E-state index in [1.54, 1.807) is 0 Å². The lowest BCUT2D eigenvalue weighted by atomic mass is 9.56. The van der Waals surface area contributed by atoms with E-state index in [4.69, 9.17) is 0 Å². The van der Waals surface area contributed by atoms with Crippen LogP contribution in [0, 0.1) is 28.6 Å². The Bertz CT molecular complexity index is 199. The lowest BCUT2D eigenvalue weighted by Gasteiger charge is -2.49. The summed E-state index contributed by atoms with van der Waals surface area (Å²) in [6, 6.07) is 0. The topological polar surface area (TPSA) is 0 Å². The first kappa shape index (κ1) is 14.1. The molecule has 1 saturated carbocycles. The molecular formula is C16H32. The van der Waals surface area contributed by atoms with Gasteiger partial charge in [0, 0.05) is 0 Å². The van der Waals surface area contributed by atoms with Gasteiger partial charge in [-0.05, 0) is 35.0 Å². The van der Waals surface area contributed by atoms with Gasteiger partial charge in [-0.2, -0.15) is 0 Å². The van der Waals surface area contributed by atoms with Crippen molar-refractivity contribution >= 4 is 0 Å². The van der Waals surface area contributed by atoms with E-state index in [-0.39, 0.29) is 0 Å². The lowest BCUT2D eigenvalue weighted by Crippen LogP contribution is -2.41. The molecule has 1 aliphatic carbocycles. The third kappa shape index (κ3) is 3.25. The highest BCUT2D eigenvalue weighted by Crippen LogP contribution is 2.50. The summed E-state index contributed by atoms with van der Waals surface area (Å²) in [7, 11) is 0. The Balaban J connectivity index is 2.92. The van der Waals surface area contributed by atoms with Crippen molar-refractivity contribution in [1.29, 1.82) is 0 Å². The summed E-state index contributed by atoms with van der Waals surface area (Å²) < 4.78 is 0. The van der Waals surface area contributed by atoms with E-state index >= 15 is 0 Å². The van der Waals surface area contributed by atoms with Crippen LogP contribution >= 0.6 is 0 Å². The second-order valence-electron chi connectivity index (χ2n) is 8.14. The Hall–Kier alpha value is 0. The van der Waals surface area contributed by atoms with Crippen LogP contribution in [0.5, 0.6) is 0 Å². The molecule has 0 nitrogen and oxygen atoms in total. The molecule has 16 heavy (non-hydrogen) atoms. The van der Waals surface area contributed by atoms with Crippen molar-refractivity contribution in [2.45, 2.75) is 74.1 Å². The van der Waals surface area contributed by atoms with Gasteiger partial charge >= 0.3 is 0 Å². The van der Waals surface area contributed by atoms with Crippen molar-refractivity contribution in [2.75, 3.05) is 0 Å². The summed E-state index contributed by atoms with van der Waals surface area (Å²) in [5.74, 6) is 2.71.